The van der Waals surface area contributed by atoms with Gasteiger partial charge in [-0.2, -0.15) is 5.10 Å². The highest BCUT2D eigenvalue weighted by atomic mass is 16.2. The van der Waals surface area contributed by atoms with Gasteiger partial charge in [0.25, 0.3) is 0 Å². The lowest BCUT2D eigenvalue weighted by molar-refractivity contribution is -0.144. The van der Waals surface area contributed by atoms with Crippen LogP contribution < -0.4 is 21.3 Å². The van der Waals surface area contributed by atoms with E-state index in [-0.39, 0.29) is 55.9 Å². The Balaban J connectivity index is 1.40. The van der Waals surface area contributed by atoms with E-state index in [1.54, 1.807) is 18.7 Å². The number of hydrogen-bond donors (Lipinski definition) is 4. The number of piperidine rings is 2. The molecule has 2 saturated heterocycles. The first-order valence-electron chi connectivity index (χ1n) is 18.2. The SMILES string of the molecule is CC(C)C[C@H]1NC(=O)[C@@H](C)NC(=O)CN(C(=O)[C@@H]2CCCN3CCCC[C@H]23)CCCNC(=O)Cn2nc(-c3ccccc3)nc2[C@H](C)NC1=O. The number of carbonyl (C=O) groups is 5. The van der Waals surface area contributed by atoms with E-state index in [1.807, 2.05) is 44.2 Å². The highest BCUT2D eigenvalue weighted by Crippen LogP contribution is 2.32. The molecule has 2 aromatic rings. The van der Waals surface area contributed by atoms with Crippen molar-refractivity contribution >= 4 is 29.5 Å². The summed E-state index contributed by atoms with van der Waals surface area (Å²) in [7, 11) is 0. The lowest BCUT2D eigenvalue weighted by atomic mass is 9.82. The molecule has 0 radical (unpaired) electrons. The molecule has 0 saturated carbocycles. The van der Waals surface area contributed by atoms with Gasteiger partial charge in [0, 0.05) is 24.7 Å². The van der Waals surface area contributed by atoms with E-state index >= 15 is 0 Å². The van der Waals surface area contributed by atoms with Crippen LogP contribution in [0.1, 0.15) is 84.5 Å². The summed E-state index contributed by atoms with van der Waals surface area (Å²) >= 11 is 0. The Morgan fingerprint density at radius 2 is 1.60 bits per heavy atom. The van der Waals surface area contributed by atoms with Crippen molar-refractivity contribution in [2.75, 3.05) is 32.7 Å². The summed E-state index contributed by atoms with van der Waals surface area (Å²) in [5.41, 5.74) is 0.765. The third kappa shape index (κ3) is 9.46. The van der Waals surface area contributed by atoms with Gasteiger partial charge in [0.2, 0.25) is 29.5 Å². The van der Waals surface area contributed by atoms with E-state index in [1.165, 1.54) is 4.68 Å². The molecule has 0 aliphatic carbocycles. The average Bonchev–Trinajstić information content (AvgIpc) is 3.52. The minimum Gasteiger partial charge on any atom is -0.354 e. The van der Waals surface area contributed by atoms with Crippen molar-refractivity contribution in [3.63, 3.8) is 0 Å². The van der Waals surface area contributed by atoms with Crippen molar-refractivity contribution < 1.29 is 24.0 Å². The zero-order valence-electron chi connectivity index (χ0n) is 29.8. The normalized spacial score (nSPS) is 26.7. The number of amides is 5. The Bertz CT molecular complexity index is 1510. The van der Waals surface area contributed by atoms with Crippen LogP contribution in [0.15, 0.2) is 30.3 Å². The molecule has 0 unspecified atom stereocenters. The van der Waals surface area contributed by atoms with Gasteiger partial charge in [0.05, 0.1) is 18.5 Å². The van der Waals surface area contributed by atoms with Crippen molar-refractivity contribution in [1.29, 1.82) is 0 Å². The van der Waals surface area contributed by atoms with Gasteiger partial charge in [-0.05, 0) is 71.4 Å². The van der Waals surface area contributed by atoms with Crippen LogP contribution in [-0.4, -0.2) is 105 Å². The van der Waals surface area contributed by atoms with Crippen LogP contribution in [-0.2, 0) is 30.5 Å². The zero-order valence-corrected chi connectivity index (χ0v) is 29.8. The van der Waals surface area contributed by atoms with Gasteiger partial charge in [-0.25, -0.2) is 9.67 Å². The van der Waals surface area contributed by atoms with Gasteiger partial charge in [-0.1, -0.05) is 50.6 Å². The van der Waals surface area contributed by atoms with Crippen LogP contribution in [0.3, 0.4) is 0 Å². The van der Waals surface area contributed by atoms with Gasteiger partial charge in [-0.3, -0.25) is 28.9 Å². The van der Waals surface area contributed by atoms with Crippen LogP contribution in [0.4, 0.5) is 0 Å². The number of nitrogens with zero attached hydrogens (tertiary/aromatic N) is 5. The molecule has 1 aromatic heterocycles. The number of fused-ring (bicyclic) bond motifs is 2. The zero-order chi connectivity index (χ0) is 35.8. The maximum Gasteiger partial charge on any atom is 0.243 e. The van der Waals surface area contributed by atoms with Crippen molar-refractivity contribution in [3.8, 4) is 11.4 Å². The van der Waals surface area contributed by atoms with Crippen molar-refractivity contribution in [2.45, 2.75) is 103 Å². The van der Waals surface area contributed by atoms with Gasteiger partial charge in [0.15, 0.2) is 5.82 Å². The van der Waals surface area contributed by atoms with E-state index in [0.717, 1.165) is 50.8 Å². The van der Waals surface area contributed by atoms with E-state index in [2.05, 4.69) is 31.3 Å². The predicted octanol–water partition coefficient (Wildman–Crippen LogP) is 1.77. The van der Waals surface area contributed by atoms with Crippen LogP contribution in [0, 0.1) is 11.8 Å². The summed E-state index contributed by atoms with van der Waals surface area (Å²) in [6.07, 6.45) is 5.67. The first kappa shape index (κ1) is 36.9. The van der Waals surface area contributed by atoms with Gasteiger partial charge in [-0.15, -0.1) is 0 Å². The summed E-state index contributed by atoms with van der Waals surface area (Å²) in [4.78, 5) is 76.4. The summed E-state index contributed by atoms with van der Waals surface area (Å²) in [5.74, 6) is -1.05. The second-order valence-electron chi connectivity index (χ2n) is 14.3. The molecule has 5 atom stereocenters. The molecule has 5 rings (SSSR count). The summed E-state index contributed by atoms with van der Waals surface area (Å²) < 4.78 is 1.49. The standard InChI is InChI=1S/C36H53N9O5/c1-23(2)20-28-35(49)39-24(3)33-41-32(26-12-6-5-7-13-26)42-45(33)22-30(46)37-16-11-19-44(21-31(47)38-25(4)34(48)40-28)36(50)27-14-10-18-43-17-9-8-15-29(27)43/h5-7,12-13,23-25,27-29H,8-11,14-22H2,1-4H3,(H,37,46)(H,38,47)(H,39,49)(H,40,48)/t24-,25+,27+,28+,29+/m0/s1. The second-order valence-corrected chi connectivity index (χ2v) is 14.3. The first-order chi connectivity index (χ1) is 24.0. The second kappa shape index (κ2) is 17.1. The molecule has 14 heteroatoms. The number of rotatable bonds is 4. The number of hydrogen-bond acceptors (Lipinski definition) is 8. The molecule has 50 heavy (non-hydrogen) atoms. The van der Waals surface area contributed by atoms with Crippen molar-refractivity contribution in [2.24, 2.45) is 11.8 Å². The largest absolute Gasteiger partial charge is 0.354 e. The highest BCUT2D eigenvalue weighted by Gasteiger charge is 2.39. The third-order valence-corrected chi connectivity index (χ3v) is 9.86. The molecular weight excluding hydrogens is 638 g/mol. The van der Waals surface area contributed by atoms with Crippen molar-refractivity contribution in [1.82, 2.24) is 45.8 Å². The Hall–Kier alpha value is -4.33. The molecule has 14 nitrogen and oxygen atoms in total. The van der Waals surface area contributed by atoms with Gasteiger partial charge in [0.1, 0.15) is 24.5 Å². The molecular formula is C36H53N9O5. The molecule has 0 spiro atoms. The molecule has 2 fully saturated rings. The first-order valence-corrected chi connectivity index (χ1v) is 18.2. The van der Waals surface area contributed by atoms with E-state index in [9.17, 15) is 24.0 Å². The number of benzene rings is 1. The number of carbonyl (C=O) groups excluding carboxylic acids is 5. The summed E-state index contributed by atoms with van der Waals surface area (Å²) in [6.45, 7) is 9.42. The Morgan fingerprint density at radius 3 is 2.36 bits per heavy atom. The molecule has 272 valence electrons. The van der Waals surface area contributed by atoms with Gasteiger partial charge < -0.3 is 26.2 Å². The monoisotopic (exact) mass is 691 g/mol. The molecule has 5 amide bonds. The fraction of sp³-hybridized carbons (Fsp3) is 0.639. The maximum absolute atomic E-state index is 14.1. The Morgan fingerprint density at radius 1 is 0.840 bits per heavy atom. The molecule has 4 heterocycles. The lowest BCUT2D eigenvalue weighted by Gasteiger charge is -2.44. The Kier molecular flexibility index (Phi) is 12.6. The fourth-order valence-corrected chi connectivity index (χ4v) is 7.34. The predicted molar refractivity (Wildman–Crippen MR) is 187 cm³/mol. The number of nitrogens with one attached hydrogen (secondary N) is 4. The van der Waals surface area contributed by atoms with Crippen LogP contribution in [0.25, 0.3) is 11.4 Å². The minimum atomic E-state index is -0.944. The summed E-state index contributed by atoms with van der Waals surface area (Å²) in [6, 6.07) is 7.07. The molecule has 4 N–H and O–H groups in total. The van der Waals surface area contributed by atoms with E-state index < -0.39 is 35.8 Å². The van der Waals surface area contributed by atoms with E-state index in [4.69, 9.17) is 4.98 Å². The highest BCUT2D eigenvalue weighted by molar-refractivity contribution is 5.93. The maximum atomic E-state index is 14.1. The fourth-order valence-electron chi connectivity index (χ4n) is 7.34. The third-order valence-electron chi connectivity index (χ3n) is 9.86. The molecule has 0 bridgehead atoms. The topological polar surface area (TPSA) is 171 Å². The molecule has 1 aromatic carbocycles. The number of aromatic nitrogens is 3. The molecule has 3 aliphatic heterocycles. The average molecular weight is 692 g/mol. The van der Waals surface area contributed by atoms with Crippen molar-refractivity contribution in [3.05, 3.63) is 36.2 Å². The quantitative estimate of drug-likeness (QED) is 0.376. The summed E-state index contributed by atoms with van der Waals surface area (Å²) in [5, 5.41) is 16.1. The minimum absolute atomic E-state index is 0.0607. The molecule has 3 aliphatic rings. The van der Waals surface area contributed by atoms with Crippen LogP contribution >= 0.6 is 0 Å². The Labute approximate surface area is 294 Å². The van der Waals surface area contributed by atoms with Gasteiger partial charge >= 0.3 is 0 Å². The van der Waals surface area contributed by atoms with Crippen LogP contribution in [0.2, 0.25) is 0 Å². The smallest absolute Gasteiger partial charge is 0.243 e. The lowest BCUT2D eigenvalue weighted by Crippen LogP contribution is -2.56. The van der Waals surface area contributed by atoms with E-state index in [0.29, 0.717) is 24.5 Å². The van der Waals surface area contributed by atoms with Crippen LogP contribution in [0.5, 0.6) is 0 Å².